The van der Waals surface area contributed by atoms with Crippen molar-refractivity contribution < 1.29 is 8.42 Å². The smallest absolute Gasteiger partial charge is 0.260 e. The average molecular weight is 255 g/mol. The van der Waals surface area contributed by atoms with Crippen LogP contribution < -0.4 is 5.73 Å². The molecule has 0 spiro atoms. The molecule has 2 rings (SSSR count). The number of rotatable bonds is 3. The minimum Gasteiger partial charge on any atom is -0.330 e. The second-order valence-electron chi connectivity index (χ2n) is 4.25. The van der Waals surface area contributed by atoms with Crippen LogP contribution in [0.4, 0.5) is 0 Å². The number of nitrogens with two attached hydrogens (primary N) is 1. The van der Waals surface area contributed by atoms with E-state index < -0.39 is 10.0 Å². The highest BCUT2D eigenvalue weighted by molar-refractivity contribution is 7.89. The highest BCUT2D eigenvalue weighted by Crippen LogP contribution is 2.21. The van der Waals surface area contributed by atoms with Crippen LogP contribution in [-0.4, -0.2) is 37.3 Å². The maximum absolute atomic E-state index is 12.2. The topological polar surface area (TPSA) is 76.3 Å². The predicted molar refractivity (Wildman–Crippen MR) is 64.8 cm³/mol. The number of sulfonamides is 1. The lowest BCUT2D eigenvalue weighted by molar-refractivity contribution is 0.278. The van der Waals surface area contributed by atoms with Crippen molar-refractivity contribution >= 4 is 10.0 Å². The summed E-state index contributed by atoms with van der Waals surface area (Å²) >= 11 is 0. The lowest BCUT2D eigenvalue weighted by atomic mass is 9.99. The third-order valence-electron chi connectivity index (χ3n) is 3.15. The maximum atomic E-state index is 12.2. The minimum absolute atomic E-state index is 0.131. The standard InChI is InChI=1S/C11H17N3O2S/c12-9-10-4-7-14(8-5-10)17(15,16)11-3-1-2-6-13-11/h1-3,6,10H,4-5,7-9,12H2. The average Bonchev–Trinajstić information content (AvgIpc) is 2.40. The molecule has 1 saturated heterocycles. The Labute approximate surface area is 102 Å². The first-order valence-electron chi connectivity index (χ1n) is 5.76. The monoisotopic (exact) mass is 255 g/mol. The number of hydrogen-bond donors (Lipinski definition) is 1. The third-order valence-corrected chi connectivity index (χ3v) is 4.96. The van der Waals surface area contributed by atoms with E-state index >= 15 is 0 Å². The van der Waals surface area contributed by atoms with Crippen LogP contribution in [0.15, 0.2) is 29.4 Å². The summed E-state index contributed by atoms with van der Waals surface area (Å²) in [4.78, 5) is 3.91. The van der Waals surface area contributed by atoms with Crippen molar-refractivity contribution in [2.75, 3.05) is 19.6 Å². The van der Waals surface area contributed by atoms with Gasteiger partial charge in [0.1, 0.15) is 0 Å². The molecule has 2 heterocycles. The normalized spacial score (nSPS) is 19.4. The van der Waals surface area contributed by atoms with Gasteiger partial charge in [-0.2, -0.15) is 4.31 Å². The Balaban J connectivity index is 2.13. The molecule has 6 heteroatoms. The molecule has 0 unspecified atom stereocenters. The molecule has 1 aliphatic rings. The Bertz CT molecular complexity index is 453. The van der Waals surface area contributed by atoms with Crippen LogP contribution in [0.25, 0.3) is 0 Å². The van der Waals surface area contributed by atoms with Crippen LogP contribution >= 0.6 is 0 Å². The Hall–Kier alpha value is -0.980. The molecule has 94 valence electrons. The molecule has 0 radical (unpaired) electrons. The zero-order chi connectivity index (χ0) is 12.3. The second kappa shape index (κ2) is 5.12. The molecule has 5 nitrogen and oxygen atoms in total. The molecule has 0 bridgehead atoms. The van der Waals surface area contributed by atoms with Gasteiger partial charge in [-0.25, -0.2) is 13.4 Å². The minimum atomic E-state index is -3.41. The summed E-state index contributed by atoms with van der Waals surface area (Å²) in [6, 6.07) is 4.93. The number of piperidine rings is 1. The zero-order valence-electron chi connectivity index (χ0n) is 9.62. The molecular weight excluding hydrogens is 238 g/mol. The number of aromatic nitrogens is 1. The molecular formula is C11H17N3O2S. The van der Waals surface area contributed by atoms with Crippen LogP contribution in [0.3, 0.4) is 0 Å². The van der Waals surface area contributed by atoms with Gasteiger partial charge in [-0.1, -0.05) is 6.07 Å². The Morgan fingerprint density at radius 2 is 2.06 bits per heavy atom. The van der Waals surface area contributed by atoms with Gasteiger partial charge in [-0.15, -0.1) is 0 Å². The van der Waals surface area contributed by atoms with E-state index in [-0.39, 0.29) is 5.03 Å². The van der Waals surface area contributed by atoms with Gasteiger partial charge in [-0.05, 0) is 37.4 Å². The highest BCUT2D eigenvalue weighted by Gasteiger charge is 2.29. The summed E-state index contributed by atoms with van der Waals surface area (Å²) in [5.74, 6) is 0.449. The first-order chi connectivity index (χ1) is 8.14. The van der Waals surface area contributed by atoms with Gasteiger partial charge < -0.3 is 5.73 Å². The number of hydrogen-bond acceptors (Lipinski definition) is 4. The molecule has 0 aliphatic carbocycles. The van der Waals surface area contributed by atoms with Crippen molar-refractivity contribution in [2.24, 2.45) is 11.7 Å². The highest BCUT2D eigenvalue weighted by atomic mass is 32.2. The first-order valence-corrected chi connectivity index (χ1v) is 7.20. The van der Waals surface area contributed by atoms with Crippen LogP contribution in [0.5, 0.6) is 0 Å². The van der Waals surface area contributed by atoms with E-state index in [4.69, 9.17) is 5.73 Å². The zero-order valence-corrected chi connectivity index (χ0v) is 10.4. The first kappa shape index (κ1) is 12.5. The summed E-state index contributed by atoms with van der Waals surface area (Å²) in [7, 11) is -3.41. The molecule has 1 fully saturated rings. The van der Waals surface area contributed by atoms with Gasteiger partial charge in [0.25, 0.3) is 10.0 Å². The van der Waals surface area contributed by atoms with E-state index in [2.05, 4.69) is 4.98 Å². The van der Waals surface area contributed by atoms with Gasteiger partial charge in [-0.3, -0.25) is 0 Å². The lowest BCUT2D eigenvalue weighted by Gasteiger charge is -2.30. The summed E-state index contributed by atoms with van der Waals surface area (Å²) < 4.78 is 25.9. The fourth-order valence-corrected chi connectivity index (χ4v) is 3.42. The van der Waals surface area contributed by atoms with Crippen molar-refractivity contribution in [1.29, 1.82) is 0 Å². The van der Waals surface area contributed by atoms with Gasteiger partial charge in [0.2, 0.25) is 0 Å². The molecule has 1 aromatic heterocycles. The van der Waals surface area contributed by atoms with Crippen LogP contribution in [0, 0.1) is 5.92 Å². The Morgan fingerprint density at radius 1 is 1.35 bits per heavy atom. The van der Waals surface area contributed by atoms with Crippen molar-refractivity contribution in [2.45, 2.75) is 17.9 Å². The lowest BCUT2D eigenvalue weighted by Crippen LogP contribution is -2.40. The second-order valence-corrected chi connectivity index (χ2v) is 6.14. The molecule has 17 heavy (non-hydrogen) atoms. The molecule has 2 N–H and O–H groups in total. The van der Waals surface area contributed by atoms with Gasteiger partial charge in [0.05, 0.1) is 0 Å². The number of nitrogens with zero attached hydrogens (tertiary/aromatic N) is 2. The van der Waals surface area contributed by atoms with Gasteiger partial charge >= 0.3 is 0 Å². The van der Waals surface area contributed by atoms with Crippen molar-refractivity contribution in [3.05, 3.63) is 24.4 Å². The van der Waals surface area contributed by atoms with E-state index in [0.717, 1.165) is 12.8 Å². The summed E-state index contributed by atoms with van der Waals surface area (Å²) in [6.07, 6.45) is 3.17. The molecule has 0 amide bonds. The van der Waals surface area contributed by atoms with Crippen LogP contribution in [0.1, 0.15) is 12.8 Å². The van der Waals surface area contributed by atoms with E-state index in [0.29, 0.717) is 25.6 Å². The van der Waals surface area contributed by atoms with E-state index in [1.165, 1.54) is 16.6 Å². The SMILES string of the molecule is NCC1CCN(S(=O)(=O)c2ccccn2)CC1. The van der Waals surface area contributed by atoms with Crippen molar-refractivity contribution in [3.8, 4) is 0 Å². The summed E-state index contributed by atoms with van der Waals surface area (Å²) in [6.45, 7) is 1.72. The van der Waals surface area contributed by atoms with E-state index in [1.807, 2.05) is 0 Å². The summed E-state index contributed by atoms with van der Waals surface area (Å²) in [5, 5.41) is 0.131. The van der Waals surface area contributed by atoms with E-state index in [9.17, 15) is 8.42 Å². The number of pyridine rings is 1. The molecule has 0 atom stereocenters. The van der Waals surface area contributed by atoms with Crippen molar-refractivity contribution in [3.63, 3.8) is 0 Å². The molecule has 0 saturated carbocycles. The maximum Gasteiger partial charge on any atom is 0.260 e. The quantitative estimate of drug-likeness (QED) is 0.850. The van der Waals surface area contributed by atoms with Crippen LogP contribution in [-0.2, 0) is 10.0 Å². The summed E-state index contributed by atoms with van der Waals surface area (Å²) in [5.41, 5.74) is 5.59. The molecule has 1 aliphatic heterocycles. The molecule has 0 aromatic carbocycles. The predicted octanol–water partition coefficient (Wildman–Crippen LogP) is 0.441. The van der Waals surface area contributed by atoms with Gasteiger partial charge in [0.15, 0.2) is 5.03 Å². The van der Waals surface area contributed by atoms with Gasteiger partial charge in [0, 0.05) is 19.3 Å². The van der Waals surface area contributed by atoms with E-state index in [1.54, 1.807) is 12.1 Å². The molecule has 1 aromatic rings. The fraction of sp³-hybridized carbons (Fsp3) is 0.545. The fourth-order valence-electron chi connectivity index (χ4n) is 2.02. The largest absolute Gasteiger partial charge is 0.330 e. The van der Waals surface area contributed by atoms with Crippen molar-refractivity contribution in [1.82, 2.24) is 9.29 Å². The van der Waals surface area contributed by atoms with Crippen LogP contribution in [0.2, 0.25) is 0 Å². The Morgan fingerprint density at radius 3 is 2.59 bits per heavy atom. The Kier molecular flexibility index (Phi) is 3.76. The third kappa shape index (κ3) is 2.65.